The molecule has 2 N–H and O–H groups in total. The van der Waals surface area contributed by atoms with Crippen LogP contribution in [-0.4, -0.2) is 24.3 Å². The summed E-state index contributed by atoms with van der Waals surface area (Å²) >= 11 is 11.5. The molecule has 0 saturated carbocycles. The van der Waals surface area contributed by atoms with Gasteiger partial charge in [0.1, 0.15) is 0 Å². The van der Waals surface area contributed by atoms with Gasteiger partial charge in [0.25, 0.3) is 16.0 Å². The lowest BCUT2D eigenvalue weighted by Crippen LogP contribution is -2.46. The molecule has 9 heteroatoms. The van der Waals surface area contributed by atoms with Gasteiger partial charge in [-0.1, -0.05) is 11.6 Å². The Bertz CT molecular complexity index is 642. The molecule has 1 aliphatic heterocycles. The monoisotopic (exact) mass is 322 g/mol. The summed E-state index contributed by atoms with van der Waals surface area (Å²) in [6, 6.07) is 5.20. The van der Waals surface area contributed by atoms with Crippen molar-refractivity contribution in [3.63, 3.8) is 0 Å². The number of nitrogens with one attached hydrogen (secondary N) is 1. The standard InChI is InChI=1S/C10H8Cl2N2O4S/c11-8-5-14(13-10(15)9(8)12)6-1-3-7(4-2-6)19(16,17)18/h1-5,9H,(H,13,15)(H,16,17,18). The summed E-state index contributed by atoms with van der Waals surface area (Å²) in [6.45, 7) is 0. The molecule has 1 amide bonds. The third-order valence-electron chi connectivity index (χ3n) is 2.37. The number of hydrogen-bond acceptors (Lipinski definition) is 4. The molecule has 1 aromatic carbocycles. The highest BCUT2D eigenvalue weighted by atomic mass is 35.5. The van der Waals surface area contributed by atoms with E-state index >= 15 is 0 Å². The van der Waals surface area contributed by atoms with Crippen LogP contribution in [0.25, 0.3) is 0 Å². The molecule has 0 fully saturated rings. The van der Waals surface area contributed by atoms with Gasteiger partial charge in [0.2, 0.25) is 0 Å². The minimum atomic E-state index is -4.25. The highest BCUT2D eigenvalue weighted by Gasteiger charge is 2.26. The average Bonchev–Trinajstić information content (AvgIpc) is 2.34. The van der Waals surface area contributed by atoms with Crippen LogP contribution < -0.4 is 10.4 Å². The molecule has 1 aromatic rings. The van der Waals surface area contributed by atoms with Crippen LogP contribution >= 0.6 is 23.2 Å². The van der Waals surface area contributed by atoms with Crippen molar-refractivity contribution in [1.29, 1.82) is 0 Å². The van der Waals surface area contributed by atoms with Gasteiger partial charge < -0.3 is 0 Å². The van der Waals surface area contributed by atoms with E-state index in [2.05, 4.69) is 5.43 Å². The zero-order chi connectivity index (χ0) is 14.2. The van der Waals surface area contributed by atoms with Crippen LogP contribution in [0.3, 0.4) is 0 Å². The third kappa shape index (κ3) is 3.01. The van der Waals surface area contributed by atoms with E-state index in [4.69, 9.17) is 27.8 Å². The van der Waals surface area contributed by atoms with Gasteiger partial charge in [0, 0.05) is 6.20 Å². The van der Waals surface area contributed by atoms with E-state index in [9.17, 15) is 13.2 Å². The molecule has 6 nitrogen and oxygen atoms in total. The van der Waals surface area contributed by atoms with Crippen LogP contribution in [0.4, 0.5) is 5.69 Å². The summed E-state index contributed by atoms with van der Waals surface area (Å²) in [4.78, 5) is 11.2. The number of carbonyl (C=O) groups is 1. The van der Waals surface area contributed by atoms with Crippen molar-refractivity contribution >= 4 is 44.9 Å². The molecule has 0 radical (unpaired) electrons. The second-order valence-electron chi connectivity index (χ2n) is 3.69. The Labute approximate surface area is 119 Å². The molecule has 0 aromatic heterocycles. The summed E-state index contributed by atoms with van der Waals surface area (Å²) < 4.78 is 30.6. The van der Waals surface area contributed by atoms with Crippen molar-refractivity contribution in [2.24, 2.45) is 0 Å². The van der Waals surface area contributed by atoms with E-state index in [1.807, 2.05) is 0 Å². The van der Waals surface area contributed by atoms with E-state index in [0.29, 0.717) is 5.69 Å². The summed E-state index contributed by atoms with van der Waals surface area (Å²) in [7, 11) is -4.25. The van der Waals surface area contributed by atoms with Gasteiger partial charge in [-0.05, 0) is 24.3 Å². The first-order valence-corrected chi connectivity index (χ1v) is 7.23. The lowest BCUT2D eigenvalue weighted by atomic mass is 10.3. The SMILES string of the molecule is O=C1NN(c2ccc(S(=O)(=O)O)cc2)C=C(Cl)C1Cl. The Morgan fingerprint density at radius 3 is 2.32 bits per heavy atom. The molecular weight excluding hydrogens is 315 g/mol. The van der Waals surface area contributed by atoms with E-state index < -0.39 is 21.4 Å². The van der Waals surface area contributed by atoms with Crippen molar-refractivity contribution in [2.75, 3.05) is 5.01 Å². The van der Waals surface area contributed by atoms with Crippen molar-refractivity contribution in [3.05, 3.63) is 35.5 Å². The smallest absolute Gasteiger partial charge is 0.282 e. The van der Waals surface area contributed by atoms with Crippen LogP contribution in [0.2, 0.25) is 0 Å². The molecule has 2 rings (SSSR count). The number of carbonyl (C=O) groups excluding carboxylic acids is 1. The summed E-state index contributed by atoms with van der Waals surface area (Å²) in [5, 5.41) is 0.497. The van der Waals surface area contributed by atoms with Crippen LogP contribution in [0.15, 0.2) is 40.4 Å². The van der Waals surface area contributed by atoms with Gasteiger partial charge in [-0.3, -0.25) is 19.8 Å². The van der Waals surface area contributed by atoms with Crippen LogP contribution in [0, 0.1) is 0 Å². The lowest BCUT2D eigenvalue weighted by Gasteiger charge is -2.27. The first-order valence-electron chi connectivity index (χ1n) is 4.97. The van der Waals surface area contributed by atoms with Crippen molar-refractivity contribution < 1.29 is 17.8 Å². The number of hydrazine groups is 1. The quantitative estimate of drug-likeness (QED) is 0.636. The largest absolute Gasteiger partial charge is 0.294 e. The average molecular weight is 323 g/mol. The van der Waals surface area contributed by atoms with E-state index in [1.54, 1.807) is 0 Å². The normalized spacial score (nSPS) is 19.9. The molecular formula is C10H8Cl2N2O4S. The Hall–Kier alpha value is -1.28. The Kier molecular flexibility index (Phi) is 3.73. The maximum Gasteiger partial charge on any atom is 0.294 e. The zero-order valence-electron chi connectivity index (χ0n) is 9.25. The molecule has 1 atom stereocenters. The first-order chi connectivity index (χ1) is 8.79. The highest BCUT2D eigenvalue weighted by molar-refractivity contribution is 7.85. The van der Waals surface area contributed by atoms with Gasteiger partial charge in [0.15, 0.2) is 5.38 Å². The first kappa shape index (κ1) is 14.1. The number of alkyl halides is 1. The zero-order valence-corrected chi connectivity index (χ0v) is 11.6. The lowest BCUT2D eigenvalue weighted by molar-refractivity contribution is -0.120. The van der Waals surface area contributed by atoms with Gasteiger partial charge in [-0.2, -0.15) is 8.42 Å². The summed E-state index contributed by atoms with van der Waals surface area (Å²) in [5.41, 5.74) is 2.92. The molecule has 1 heterocycles. The fourth-order valence-electron chi connectivity index (χ4n) is 1.44. The van der Waals surface area contributed by atoms with E-state index in [1.165, 1.54) is 35.5 Å². The number of nitrogens with zero attached hydrogens (tertiary/aromatic N) is 1. The maximum atomic E-state index is 11.5. The van der Waals surface area contributed by atoms with Gasteiger partial charge >= 0.3 is 0 Å². The molecule has 102 valence electrons. The van der Waals surface area contributed by atoms with Gasteiger partial charge in [-0.25, -0.2) is 0 Å². The number of rotatable bonds is 2. The van der Waals surface area contributed by atoms with Crippen LogP contribution in [0.1, 0.15) is 0 Å². The number of hydrogen-bond donors (Lipinski definition) is 2. The fraction of sp³-hybridized carbons (Fsp3) is 0.100. The molecule has 0 spiro atoms. The van der Waals surface area contributed by atoms with E-state index in [0.717, 1.165) is 0 Å². The number of amides is 1. The predicted molar refractivity (Wildman–Crippen MR) is 70.5 cm³/mol. The van der Waals surface area contributed by atoms with Crippen molar-refractivity contribution in [1.82, 2.24) is 5.43 Å². The molecule has 0 bridgehead atoms. The molecule has 19 heavy (non-hydrogen) atoms. The molecule has 1 aliphatic rings. The number of benzene rings is 1. The molecule has 0 aliphatic carbocycles. The second-order valence-corrected chi connectivity index (χ2v) is 5.99. The topological polar surface area (TPSA) is 86.7 Å². The molecule has 0 saturated heterocycles. The molecule has 1 unspecified atom stereocenters. The van der Waals surface area contributed by atoms with E-state index in [-0.39, 0.29) is 9.93 Å². The second kappa shape index (κ2) is 5.01. The Morgan fingerprint density at radius 2 is 1.84 bits per heavy atom. The number of anilines is 1. The fourth-order valence-corrected chi connectivity index (χ4v) is 2.22. The highest BCUT2D eigenvalue weighted by Crippen LogP contribution is 2.24. The predicted octanol–water partition coefficient (Wildman–Crippen LogP) is 1.47. The summed E-state index contributed by atoms with van der Waals surface area (Å²) in [6.07, 6.45) is 1.41. The van der Waals surface area contributed by atoms with Crippen molar-refractivity contribution in [2.45, 2.75) is 10.3 Å². The maximum absolute atomic E-state index is 11.5. The number of halogens is 2. The minimum absolute atomic E-state index is 0.143. The summed E-state index contributed by atoms with van der Waals surface area (Å²) in [5.74, 6) is -0.493. The van der Waals surface area contributed by atoms with Gasteiger partial charge in [-0.15, -0.1) is 11.6 Å². The third-order valence-corrected chi connectivity index (χ3v) is 4.10. The van der Waals surface area contributed by atoms with Crippen LogP contribution in [-0.2, 0) is 14.9 Å². The Morgan fingerprint density at radius 1 is 1.26 bits per heavy atom. The Balaban J connectivity index is 2.31. The van der Waals surface area contributed by atoms with Crippen molar-refractivity contribution in [3.8, 4) is 0 Å². The van der Waals surface area contributed by atoms with Crippen LogP contribution in [0.5, 0.6) is 0 Å². The minimum Gasteiger partial charge on any atom is -0.282 e. The van der Waals surface area contributed by atoms with Gasteiger partial charge in [0.05, 0.1) is 15.6 Å².